The van der Waals surface area contributed by atoms with E-state index in [1.807, 2.05) is 49.4 Å². The van der Waals surface area contributed by atoms with Crippen LogP contribution < -0.4 is 4.72 Å². The van der Waals surface area contributed by atoms with Crippen LogP contribution in [0.2, 0.25) is 0 Å². The third kappa shape index (κ3) is 4.32. The first-order chi connectivity index (χ1) is 12.1. The molecule has 7 heteroatoms. The van der Waals surface area contributed by atoms with Gasteiger partial charge in [-0.3, -0.25) is 0 Å². The van der Waals surface area contributed by atoms with Gasteiger partial charge in [0.25, 0.3) is 0 Å². The van der Waals surface area contributed by atoms with Gasteiger partial charge in [-0.25, -0.2) is 13.1 Å². The van der Waals surface area contributed by atoms with Crippen LogP contribution in [0.3, 0.4) is 0 Å². The molecule has 0 fully saturated rings. The summed E-state index contributed by atoms with van der Waals surface area (Å²) in [4.78, 5) is 1.72. The van der Waals surface area contributed by atoms with E-state index in [1.165, 1.54) is 4.80 Å². The molecule has 2 aromatic carbocycles. The molecule has 1 unspecified atom stereocenters. The minimum absolute atomic E-state index is 0.249. The Kier molecular flexibility index (Phi) is 5.25. The Hall–Kier alpha value is -2.51. The Morgan fingerprint density at radius 1 is 1.00 bits per heavy atom. The fourth-order valence-electron chi connectivity index (χ4n) is 2.56. The molecular formula is C18H20N4O2S. The van der Waals surface area contributed by atoms with E-state index in [0.717, 1.165) is 17.5 Å². The number of aromatic nitrogens is 3. The summed E-state index contributed by atoms with van der Waals surface area (Å²) >= 11 is 0. The number of hydrogen-bond donors (Lipinski definition) is 1. The number of benzene rings is 2. The fourth-order valence-corrected chi connectivity index (χ4v) is 3.77. The van der Waals surface area contributed by atoms with E-state index >= 15 is 0 Å². The Labute approximate surface area is 147 Å². The minimum atomic E-state index is -3.65. The lowest BCUT2D eigenvalue weighted by atomic mass is 10.1. The van der Waals surface area contributed by atoms with Crippen LogP contribution in [0.4, 0.5) is 0 Å². The van der Waals surface area contributed by atoms with Crippen molar-refractivity contribution in [3.63, 3.8) is 0 Å². The molecule has 25 heavy (non-hydrogen) atoms. The Morgan fingerprint density at radius 3 is 2.24 bits per heavy atom. The van der Waals surface area contributed by atoms with Crippen molar-refractivity contribution in [3.05, 3.63) is 78.1 Å². The van der Waals surface area contributed by atoms with Gasteiger partial charge >= 0.3 is 0 Å². The predicted octanol–water partition coefficient (Wildman–Crippen LogP) is 2.56. The normalized spacial score (nSPS) is 12.8. The molecule has 0 bridgehead atoms. The van der Waals surface area contributed by atoms with Gasteiger partial charge in [0.2, 0.25) is 10.0 Å². The second-order valence-corrected chi connectivity index (χ2v) is 7.38. The maximum absolute atomic E-state index is 12.8. The standard InChI is InChI=1S/C18H20N4O2S/c1-2-15-8-10-17(11-9-15)25(23,24)21-18(14-22-19-12-13-20-22)16-6-4-3-5-7-16/h3-13,18,21H,2,14H2,1H3. The van der Waals surface area contributed by atoms with Crippen LogP contribution in [-0.4, -0.2) is 23.4 Å². The zero-order chi connectivity index (χ0) is 17.7. The molecule has 0 saturated heterocycles. The first-order valence-electron chi connectivity index (χ1n) is 8.09. The predicted molar refractivity (Wildman–Crippen MR) is 95.3 cm³/mol. The second kappa shape index (κ2) is 7.58. The molecular weight excluding hydrogens is 336 g/mol. The second-order valence-electron chi connectivity index (χ2n) is 5.67. The molecule has 0 aliphatic rings. The number of aryl methyl sites for hydroxylation is 1. The van der Waals surface area contributed by atoms with Crippen LogP contribution in [0.15, 0.2) is 71.9 Å². The van der Waals surface area contributed by atoms with E-state index in [9.17, 15) is 8.42 Å². The number of sulfonamides is 1. The smallest absolute Gasteiger partial charge is 0.207 e. The fraction of sp³-hybridized carbons (Fsp3) is 0.222. The van der Waals surface area contributed by atoms with Crippen LogP contribution in [0.5, 0.6) is 0 Å². The van der Waals surface area contributed by atoms with Crippen molar-refractivity contribution in [2.45, 2.75) is 30.8 Å². The van der Waals surface area contributed by atoms with E-state index in [0.29, 0.717) is 6.54 Å². The molecule has 0 aliphatic heterocycles. The summed E-state index contributed by atoms with van der Waals surface area (Å²) in [7, 11) is -3.65. The molecule has 1 atom stereocenters. The molecule has 1 N–H and O–H groups in total. The number of hydrogen-bond acceptors (Lipinski definition) is 4. The van der Waals surface area contributed by atoms with Crippen molar-refractivity contribution < 1.29 is 8.42 Å². The van der Waals surface area contributed by atoms with Gasteiger partial charge in [-0.2, -0.15) is 15.0 Å². The topological polar surface area (TPSA) is 76.9 Å². The maximum Gasteiger partial charge on any atom is 0.241 e. The molecule has 130 valence electrons. The van der Waals surface area contributed by atoms with Crippen LogP contribution >= 0.6 is 0 Å². The number of rotatable bonds is 7. The quantitative estimate of drug-likeness (QED) is 0.706. The molecule has 0 aliphatic carbocycles. The van der Waals surface area contributed by atoms with Crippen LogP contribution in [0, 0.1) is 0 Å². The summed E-state index contributed by atoms with van der Waals surface area (Å²) in [6.07, 6.45) is 4.01. The van der Waals surface area contributed by atoms with Crippen molar-refractivity contribution in [3.8, 4) is 0 Å². The SMILES string of the molecule is CCc1ccc(S(=O)(=O)NC(Cn2nccn2)c2ccccc2)cc1. The highest BCUT2D eigenvalue weighted by Gasteiger charge is 2.22. The molecule has 3 rings (SSSR count). The molecule has 1 aromatic heterocycles. The highest BCUT2D eigenvalue weighted by atomic mass is 32.2. The zero-order valence-electron chi connectivity index (χ0n) is 13.9. The molecule has 0 amide bonds. The van der Waals surface area contributed by atoms with Gasteiger partial charge in [-0.05, 0) is 29.7 Å². The highest BCUT2D eigenvalue weighted by Crippen LogP contribution is 2.19. The van der Waals surface area contributed by atoms with Crippen LogP contribution in [0.1, 0.15) is 24.1 Å². The zero-order valence-corrected chi connectivity index (χ0v) is 14.7. The monoisotopic (exact) mass is 356 g/mol. The maximum atomic E-state index is 12.8. The third-order valence-electron chi connectivity index (χ3n) is 3.95. The van der Waals surface area contributed by atoms with E-state index < -0.39 is 16.1 Å². The van der Waals surface area contributed by atoms with Crippen molar-refractivity contribution in [2.24, 2.45) is 0 Å². The van der Waals surface area contributed by atoms with Crippen molar-refractivity contribution in [2.75, 3.05) is 0 Å². The molecule has 3 aromatic rings. The largest absolute Gasteiger partial charge is 0.241 e. The Morgan fingerprint density at radius 2 is 1.64 bits per heavy atom. The van der Waals surface area contributed by atoms with Crippen LogP contribution in [0.25, 0.3) is 0 Å². The molecule has 0 saturated carbocycles. The Bertz CT molecular complexity index is 892. The number of nitrogens with zero attached hydrogens (tertiary/aromatic N) is 3. The highest BCUT2D eigenvalue weighted by molar-refractivity contribution is 7.89. The van der Waals surface area contributed by atoms with Crippen molar-refractivity contribution in [1.82, 2.24) is 19.7 Å². The van der Waals surface area contributed by atoms with E-state index in [4.69, 9.17) is 0 Å². The first-order valence-corrected chi connectivity index (χ1v) is 9.57. The van der Waals surface area contributed by atoms with Gasteiger partial charge in [-0.15, -0.1) is 0 Å². The summed E-state index contributed by atoms with van der Waals surface area (Å²) in [6.45, 7) is 2.34. The third-order valence-corrected chi connectivity index (χ3v) is 5.44. The van der Waals surface area contributed by atoms with Crippen molar-refractivity contribution >= 4 is 10.0 Å². The Balaban J connectivity index is 1.87. The molecule has 1 heterocycles. The van der Waals surface area contributed by atoms with Gasteiger partial charge in [-0.1, -0.05) is 49.4 Å². The van der Waals surface area contributed by atoms with E-state index in [1.54, 1.807) is 24.5 Å². The summed E-state index contributed by atoms with van der Waals surface area (Å²) in [5.41, 5.74) is 1.95. The molecule has 0 radical (unpaired) electrons. The van der Waals surface area contributed by atoms with E-state index in [2.05, 4.69) is 14.9 Å². The average molecular weight is 356 g/mol. The molecule has 0 spiro atoms. The minimum Gasteiger partial charge on any atom is -0.207 e. The van der Waals surface area contributed by atoms with Gasteiger partial charge in [0.1, 0.15) is 0 Å². The van der Waals surface area contributed by atoms with Gasteiger partial charge in [0, 0.05) is 0 Å². The molecule has 6 nitrogen and oxygen atoms in total. The van der Waals surface area contributed by atoms with Crippen LogP contribution in [-0.2, 0) is 23.0 Å². The van der Waals surface area contributed by atoms with Gasteiger partial charge in [0.05, 0.1) is 29.9 Å². The lowest BCUT2D eigenvalue weighted by molar-refractivity contribution is 0.444. The lowest BCUT2D eigenvalue weighted by Crippen LogP contribution is -2.32. The first kappa shape index (κ1) is 17.3. The summed E-state index contributed by atoms with van der Waals surface area (Å²) in [5, 5.41) is 8.16. The lowest BCUT2D eigenvalue weighted by Gasteiger charge is -2.19. The summed E-state index contributed by atoms with van der Waals surface area (Å²) < 4.78 is 28.3. The average Bonchev–Trinajstić information content (AvgIpc) is 3.15. The van der Waals surface area contributed by atoms with Gasteiger partial charge < -0.3 is 0 Å². The van der Waals surface area contributed by atoms with Gasteiger partial charge in [0.15, 0.2) is 0 Å². The number of nitrogens with one attached hydrogen (secondary N) is 1. The van der Waals surface area contributed by atoms with E-state index in [-0.39, 0.29) is 4.90 Å². The summed E-state index contributed by atoms with van der Waals surface area (Å²) in [5.74, 6) is 0. The summed E-state index contributed by atoms with van der Waals surface area (Å²) in [6, 6.07) is 15.9. The van der Waals surface area contributed by atoms with Crippen molar-refractivity contribution in [1.29, 1.82) is 0 Å².